The highest BCUT2D eigenvalue weighted by Crippen LogP contribution is 2.35. The van der Waals surface area contributed by atoms with Crippen molar-refractivity contribution in [3.8, 4) is 5.75 Å². The molecule has 1 N–H and O–H groups in total. The van der Waals surface area contributed by atoms with Gasteiger partial charge in [-0.3, -0.25) is 14.5 Å². The van der Waals surface area contributed by atoms with Crippen LogP contribution in [0.3, 0.4) is 0 Å². The molecular weight excluding hydrogens is 457 g/mol. The van der Waals surface area contributed by atoms with Crippen LogP contribution in [0.5, 0.6) is 5.75 Å². The number of nitrogens with zero attached hydrogens (tertiary/aromatic N) is 2. The first-order valence-corrected chi connectivity index (χ1v) is 11.5. The maximum Gasteiger partial charge on any atom is 0.414 e. The number of hydrogen-bond acceptors (Lipinski definition) is 7. The summed E-state index contributed by atoms with van der Waals surface area (Å²) in [6.07, 6.45) is -1.12. The zero-order valence-corrected chi connectivity index (χ0v) is 19.5. The number of benzene rings is 2. The standard InChI is InChI=1S/C25H28FN3O6/c1-33-18-7-5-17(6-8-18)22(30)9-10-23(31)27-15-19-16-29(25(32)35-19)21-4-2-3-20(26)24(21)28-11-13-34-14-12-28/h2-8,19H,9-16H2,1H3,(H,27,31). The van der Waals surface area contributed by atoms with Crippen LogP contribution in [0.25, 0.3) is 0 Å². The van der Waals surface area contributed by atoms with Gasteiger partial charge in [-0.1, -0.05) is 6.07 Å². The summed E-state index contributed by atoms with van der Waals surface area (Å²) in [5.74, 6) is -0.241. The number of ether oxygens (including phenoxy) is 3. The molecule has 0 radical (unpaired) electrons. The Bertz CT molecular complexity index is 1070. The highest BCUT2D eigenvalue weighted by atomic mass is 19.1. The number of amides is 2. The van der Waals surface area contributed by atoms with Gasteiger partial charge in [0, 0.05) is 31.5 Å². The summed E-state index contributed by atoms with van der Waals surface area (Å²) in [5, 5.41) is 2.72. The number of anilines is 2. The molecule has 0 bridgehead atoms. The highest BCUT2D eigenvalue weighted by Gasteiger charge is 2.35. The molecule has 4 rings (SSSR count). The van der Waals surface area contributed by atoms with Gasteiger partial charge in [-0.2, -0.15) is 0 Å². The topological polar surface area (TPSA) is 97.4 Å². The summed E-state index contributed by atoms with van der Waals surface area (Å²) in [6.45, 7) is 2.27. The third-order valence-corrected chi connectivity index (χ3v) is 5.98. The zero-order valence-electron chi connectivity index (χ0n) is 19.5. The van der Waals surface area contributed by atoms with E-state index < -0.39 is 18.0 Å². The van der Waals surface area contributed by atoms with E-state index in [0.717, 1.165) is 0 Å². The number of halogens is 1. The minimum atomic E-state index is -0.598. The summed E-state index contributed by atoms with van der Waals surface area (Å²) in [4.78, 5) is 40.4. The number of morpholine rings is 1. The number of hydrogen-bond donors (Lipinski definition) is 1. The molecule has 35 heavy (non-hydrogen) atoms. The van der Waals surface area contributed by atoms with Crippen LogP contribution in [0.2, 0.25) is 0 Å². The SMILES string of the molecule is COc1ccc(C(=O)CCC(=O)NCC2CN(c3cccc(F)c3N3CCOCC3)C(=O)O2)cc1. The van der Waals surface area contributed by atoms with Gasteiger partial charge in [0.1, 0.15) is 17.7 Å². The zero-order chi connectivity index (χ0) is 24.8. The second kappa shape index (κ2) is 11.2. The molecule has 2 aromatic rings. The van der Waals surface area contributed by atoms with Crippen molar-refractivity contribution in [3.05, 3.63) is 53.8 Å². The van der Waals surface area contributed by atoms with Crippen molar-refractivity contribution in [2.45, 2.75) is 18.9 Å². The monoisotopic (exact) mass is 485 g/mol. The maximum atomic E-state index is 14.7. The van der Waals surface area contributed by atoms with Crippen molar-refractivity contribution in [3.63, 3.8) is 0 Å². The van der Waals surface area contributed by atoms with Crippen molar-refractivity contribution < 1.29 is 33.0 Å². The smallest absolute Gasteiger partial charge is 0.414 e. The summed E-state index contributed by atoms with van der Waals surface area (Å²) in [7, 11) is 1.54. The Labute approximate surface area is 202 Å². The molecule has 2 aromatic carbocycles. The molecule has 2 aliphatic heterocycles. The fourth-order valence-electron chi connectivity index (χ4n) is 4.11. The van der Waals surface area contributed by atoms with E-state index in [-0.39, 0.29) is 37.6 Å². The normalized spacial score (nSPS) is 17.8. The van der Waals surface area contributed by atoms with Crippen LogP contribution in [0, 0.1) is 5.82 Å². The Kier molecular flexibility index (Phi) is 7.81. The van der Waals surface area contributed by atoms with E-state index in [0.29, 0.717) is 49.0 Å². The molecule has 9 nitrogen and oxygen atoms in total. The molecule has 0 spiro atoms. The predicted octanol–water partition coefficient (Wildman–Crippen LogP) is 2.78. The molecule has 0 saturated carbocycles. The number of rotatable bonds is 9. The van der Waals surface area contributed by atoms with Gasteiger partial charge >= 0.3 is 6.09 Å². The Morgan fingerprint density at radius 3 is 2.57 bits per heavy atom. The van der Waals surface area contributed by atoms with E-state index in [4.69, 9.17) is 14.2 Å². The lowest BCUT2D eigenvalue weighted by Crippen LogP contribution is -2.39. The number of cyclic esters (lactones) is 1. The highest BCUT2D eigenvalue weighted by molar-refractivity contribution is 5.98. The van der Waals surface area contributed by atoms with Gasteiger partial charge in [0.25, 0.3) is 0 Å². The number of carbonyl (C=O) groups is 3. The lowest BCUT2D eigenvalue weighted by Gasteiger charge is -2.32. The third kappa shape index (κ3) is 5.89. The molecule has 186 valence electrons. The van der Waals surface area contributed by atoms with E-state index in [1.54, 1.807) is 43.5 Å². The molecule has 1 atom stereocenters. The first-order valence-electron chi connectivity index (χ1n) is 11.5. The Hall–Kier alpha value is -3.66. The van der Waals surface area contributed by atoms with E-state index in [1.807, 2.05) is 4.90 Å². The number of nitrogens with one attached hydrogen (secondary N) is 1. The molecular formula is C25H28FN3O6. The molecule has 2 fully saturated rings. The molecule has 2 aliphatic rings. The number of carbonyl (C=O) groups excluding carboxylic acids is 3. The number of methoxy groups -OCH3 is 1. The minimum absolute atomic E-state index is 0.0142. The van der Waals surface area contributed by atoms with Gasteiger partial charge in [0.2, 0.25) is 5.91 Å². The van der Waals surface area contributed by atoms with Gasteiger partial charge in [0.05, 0.1) is 44.8 Å². The largest absolute Gasteiger partial charge is 0.497 e. The van der Waals surface area contributed by atoms with Crippen molar-refractivity contribution in [2.24, 2.45) is 0 Å². The van der Waals surface area contributed by atoms with E-state index in [1.165, 1.54) is 11.0 Å². The molecule has 2 heterocycles. The van der Waals surface area contributed by atoms with Crippen LogP contribution in [-0.4, -0.2) is 70.4 Å². The first-order chi connectivity index (χ1) is 17.0. The van der Waals surface area contributed by atoms with Crippen molar-refractivity contribution in [2.75, 3.05) is 56.3 Å². The molecule has 10 heteroatoms. The third-order valence-electron chi connectivity index (χ3n) is 5.98. The van der Waals surface area contributed by atoms with Gasteiger partial charge in [-0.15, -0.1) is 0 Å². The molecule has 2 amide bonds. The van der Waals surface area contributed by atoms with Gasteiger partial charge in [0.15, 0.2) is 5.78 Å². The van der Waals surface area contributed by atoms with Crippen LogP contribution in [0.1, 0.15) is 23.2 Å². The van der Waals surface area contributed by atoms with Crippen LogP contribution >= 0.6 is 0 Å². The fourth-order valence-corrected chi connectivity index (χ4v) is 4.11. The van der Waals surface area contributed by atoms with E-state index in [9.17, 15) is 18.8 Å². The number of ketones is 1. The van der Waals surface area contributed by atoms with Gasteiger partial charge in [-0.05, 0) is 36.4 Å². The van der Waals surface area contributed by atoms with E-state index >= 15 is 0 Å². The summed E-state index contributed by atoms with van der Waals surface area (Å²) >= 11 is 0. The Balaban J connectivity index is 1.30. The predicted molar refractivity (Wildman–Crippen MR) is 127 cm³/mol. The summed E-state index contributed by atoms with van der Waals surface area (Å²) in [5.41, 5.74) is 1.27. The van der Waals surface area contributed by atoms with Crippen LogP contribution in [0.15, 0.2) is 42.5 Å². The second-order valence-electron chi connectivity index (χ2n) is 8.28. The molecule has 1 unspecified atom stereocenters. The van der Waals surface area contributed by atoms with Crippen molar-refractivity contribution in [1.29, 1.82) is 0 Å². The Morgan fingerprint density at radius 1 is 1.11 bits per heavy atom. The van der Waals surface area contributed by atoms with Gasteiger partial charge < -0.3 is 24.4 Å². The molecule has 2 saturated heterocycles. The molecule has 0 aliphatic carbocycles. The lowest BCUT2D eigenvalue weighted by molar-refractivity contribution is -0.121. The average Bonchev–Trinajstić information content (AvgIpc) is 3.26. The number of Topliss-reactive ketones (excluding diaryl/α,β-unsaturated/α-hetero) is 1. The fraction of sp³-hybridized carbons (Fsp3) is 0.400. The first kappa shape index (κ1) is 24.5. The van der Waals surface area contributed by atoms with Gasteiger partial charge in [-0.25, -0.2) is 9.18 Å². The van der Waals surface area contributed by atoms with Crippen LogP contribution in [0.4, 0.5) is 20.6 Å². The lowest BCUT2D eigenvalue weighted by atomic mass is 10.1. The van der Waals surface area contributed by atoms with Crippen LogP contribution in [-0.2, 0) is 14.3 Å². The second-order valence-corrected chi connectivity index (χ2v) is 8.28. The maximum absolute atomic E-state index is 14.7. The minimum Gasteiger partial charge on any atom is -0.497 e. The van der Waals surface area contributed by atoms with Crippen LogP contribution < -0.4 is 19.9 Å². The van der Waals surface area contributed by atoms with Crippen molar-refractivity contribution >= 4 is 29.2 Å². The Morgan fingerprint density at radius 2 is 1.86 bits per heavy atom. The summed E-state index contributed by atoms with van der Waals surface area (Å²) in [6, 6.07) is 11.3. The quantitative estimate of drug-likeness (QED) is 0.546. The van der Waals surface area contributed by atoms with Crippen molar-refractivity contribution in [1.82, 2.24) is 5.32 Å². The average molecular weight is 486 g/mol. The summed E-state index contributed by atoms with van der Waals surface area (Å²) < 4.78 is 30.6. The molecule has 0 aromatic heterocycles. The van der Waals surface area contributed by atoms with E-state index in [2.05, 4.69) is 5.32 Å². The number of para-hydroxylation sites is 1.